The number of aliphatic hydroxyl groups is 5. The number of carbonyl (C=O) groups excluding carboxylic acids is 11. The van der Waals surface area contributed by atoms with Crippen LogP contribution in [0.4, 0.5) is 0 Å². The monoisotopic (exact) mass is 1990 g/mol. The number of rotatable bonds is 69. The van der Waals surface area contributed by atoms with E-state index in [-0.39, 0.29) is 207 Å². The van der Waals surface area contributed by atoms with Crippen LogP contribution < -0.4 is 21.3 Å². The number of hydrogen-bond acceptors (Lipinski definition) is 37. The van der Waals surface area contributed by atoms with Crippen LogP contribution >= 0.6 is 32.9 Å². The highest BCUT2D eigenvalue weighted by Crippen LogP contribution is 2.33. The molecule has 1 aliphatic rings. The molecule has 0 aliphatic carbocycles. The van der Waals surface area contributed by atoms with Crippen molar-refractivity contribution < 1.29 is 160 Å². The van der Waals surface area contributed by atoms with Gasteiger partial charge in [0.15, 0.2) is 38.0 Å². The van der Waals surface area contributed by atoms with Gasteiger partial charge in [0.2, 0.25) is 23.6 Å². The number of benzene rings is 1. The van der Waals surface area contributed by atoms with Crippen molar-refractivity contribution in [1.82, 2.24) is 36.1 Å². The van der Waals surface area contributed by atoms with Gasteiger partial charge in [-0.3, -0.25) is 62.4 Å². The highest BCUT2D eigenvalue weighted by molar-refractivity contribution is 8.76. The number of likely N-dealkylation sites (tertiary alicyclic amines) is 1. The number of esters is 6. The fraction of sp³-hybridized carbons (Fsp3) is 0.772. The first kappa shape index (κ1) is 127. The van der Waals surface area contributed by atoms with E-state index in [1.165, 1.54) is 57.8 Å². The SMILES string of the molecule is CCC(CO)OC(CO)OC.CCC(CO)OC(COC(=O)CCCC(=O)NCCCOC(=O)[C@@H](C)C[C@H](Cc1ccc(O)cc1)NC(=O)c1csc([C@@H](C[C@H](C(C)C)N(COC(=O)CC(C)C)C(=O)[C@@H](NC(=O)[C@H]2CCCCN2C)[C@@H](C)CC)OC(C)=O)n1)OC.CCC(CO)OC(COC(=O)CCCC(=O)NCCSSC)OC.CCC(CO)OC(COC(=O)CCCC(=O)O)OC. The number of phenols is 1. The number of methoxy groups -OCH3 is 4. The number of aromatic hydroxyl groups is 1. The standard InChI is InChI=1S/C58H92N6O16S.C15H29NO6S2.C12H22O7.C7H16O4/c1-12-38(7)53(62-55(72)46-18-14-15-26-63(46)10)57(73)64(35-78-51(70)28-36(3)4)47(37(5)6)31-48(79-40(9)66)56-61-45(34-81-56)54(71)60-42(30-41-21-23-43(67)24-22-41)29-39(8)58(74)76-27-17-25-59-49(68)19-16-20-50(69)77-33-52(75-11)80-44(13-2)32-65;1-4-12(10-17)22-15(20-2)11-21-14(19)7-5-6-13(18)16-8-9-24-23-3;1-3-9(7-13)19-12(17-2)8-18-11(16)6-4-5-10(14)15;1-3-6(4-8)11-7(5-9)10-2/h21-24,34,36-39,42,44,46-48,52-53,65,67H,12-20,25-33,35H2,1-11H3,(H,59,68)(H,60,71)(H,62,72);12,15,17H,4-11H2,1-3H3,(H,16,18);9,12-13H,3-8H2,1-2H3,(H,14,15);6-9H,3-5H2,1-2H3/t38-,39-,42+,44?,46+,47+,48+,52?,53-;;;/m0.../s1. The van der Waals surface area contributed by atoms with Crippen LogP contribution in [-0.4, -0.2) is 329 Å². The average molecular weight is 1990 g/mol. The Labute approximate surface area is 808 Å². The van der Waals surface area contributed by atoms with Crippen molar-refractivity contribution in [2.45, 2.75) is 304 Å². The van der Waals surface area contributed by atoms with E-state index in [4.69, 9.17) is 91.8 Å². The van der Waals surface area contributed by atoms with E-state index in [9.17, 15) is 67.7 Å². The van der Waals surface area contributed by atoms with Crippen LogP contribution in [0.25, 0.3) is 0 Å². The predicted molar refractivity (Wildman–Crippen MR) is 505 cm³/mol. The average Bonchev–Trinajstić information content (AvgIpc) is 1.73. The lowest BCUT2D eigenvalue weighted by atomic mass is 9.92. The van der Waals surface area contributed by atoms with Crippen molar-refractivity contribution in [1.29, 1.82) is 0 Å². The molecular weight excluding hydrogens is 1830 g/mol. The predicted octanol–water partition coefficient (Wildman–Crippen LogP) is 8.02. The Balaban J connectivity index is 0.00000265. The van der Waals surface area contributed by atoms with Crippen molar-refractivity contribution in [2.75, 3.05) is 133 Å². The van der Waals surface area contributed by atoms with E-state index in [2.05, 4.69) is 26.3 Å². The molecule has 5 amide bonds. The fourth-order valence-electron chi connectivity index (χ4n) is 12.8. The number of aromatic nitrogens is 1. The van der Waals surface area contributed by atoms with Gasteiger partial charge in [-0.05, 0) is 132 Å². The maximum absolute atomic E-state index is 15.0. The summed E-state index contributed by atoms with van der Waals surface area (Å²) in [4.78, 5) is 160. The Bertz CT molecular complexity index is 3570. The number of carbonyl (C=O) groups is 12. The second kappa shape index (κ2) is 77.3. The fourth-order valence-corrected chi connectivity index (χ4v) is 14.7. The van der Waals surface area contributed by atoms with Gasteiger partial charge in [0.05, 0.1) is 76.0 Å². The van der Waals surface area contributed by atoms with Crippen LogP contribution in [0.1, 0.15) is 245 Å². The smallest absolute Gasteiger partial charge is 0.308 e. The lowest BCUT2D eigenvalue weighted by Crippen LogP contribution is -2.59. The lowest BCUT2D eigenvalue weighted by molar-refractivity contribution is -0.194. The van der Waals surface area contributed by atoms with Gasteiger partial charge in [0, 0.05) is 123 Å². The zero-order chi connectivity index (χ0) is 102. The number of nitrogens with one attached hydrogen (secondary N) is 4. The third-order valence-corrected chi connectivity index (χ3v) is 23.8. The van der Waals surface area contributed by atoms with Gasteiger partial charge in [0.1, 0.15) is 42.3 Å². The van der Waals surface area contributed by atoms with Crippen LogP contribution in [0.3, 0.4) is 0 Å². The first-order valence-corrected chi connectivity index (χ1v) is 50.0. The maximum Gasteiger partial charge on any atom is 0.308 e. The summed E-state index contributed by atoms with van der Waals surface area (Å²) in [6.07, 6.45) is 4.48. The van der Waals surface area contributed by atoms with Crippen molar-refractivity contribution in [3.8, 4) is 5.75 Å². The molecule has 8 unspecified atom stereocenters. The van der Waals surface area contributed by atoms with E-state index in [0.29, 0.717) is 64.3 Å². The molecule has 2 heterocycles. The zero-order valence-electron chi connectivity index (χ0n) is 82.5. The minimum absolute atomic E-state index is 0.000211. The van der Waals surface area contributed by atoms with Crippen molar-refractivity contribution >= 4 is 104 Å². The molecule has 1 saturated heterocycles. The van der Waals surface area contributed by atoms with Gasteiger partial charge in [-0.1, -0.05) is 123 Å². The highest BCUT2D eigenvalue weighted by atomic mass is 33.1. The Morgan fingerprint density at radius 3 is 1.50 bits per heavy atom. The number of carboxylic acid groups (broad SMARTS) is 1. The number of aliphatic hydroxyl groups excluding tert-OH is 5. The number of ether oxygens (including phenoxy) is 14. The summed E-state index contributed by atoms with van der Waals surface area (Å²) in [5.41, 5.74) is 0.772. The molecule has 0 bridgehead atoms. The molecule has 1 aromatic heterocycles. The van der Waals surface area contributed by atoms with Gasteiger partial charge in [-0.2, -0.15) is 0 Å². The first-order valence-electron chi connectivity index (χ1n) is 46.4. The number of amides is 5. The molecule has 0 saturated carbocycles. The second-order valence-corrected chi connectivity index (χ2v) is 36.3. The van der Waals surface area contributed by atoms with Crippen LogP contribution in [0.2, 0.25) is 0 Å². The number of phenolic OH excluding ortho intramolecular Hbond substituents is 1. The summed E-state index contributed by atoms with van der Waals surface area (Å²) in [5, 5.41) is 76.5. The number of hydrogen-bond donors (Lipinski definition) is 11. The van der Waals surface area contributed by atoms with Crippen LogP contribution in [0.15, 0.2) is 29.6 Å². The molecule has 40 nitrogen and oxygen atoms in total. The van der Waals surface area contributed by atoms with Gasteiger partial charge in [-0.25, -0.2) is 4.98 Å². The summed E-state index contributed by atoms with van der Waals surface area (Å²) < 4.78 is 73.8. The van der Waals surface area contributed by atoms with Crippen LogP contribution in [0, 0.1) is 23.7 Å². The largest absolute Gasteiger partial charge is 0.508 e. The molecule has 135 heavy (non-hydrogen) atoms. The van der Waals surface area contributed by atoms with Gasteiger partial charge in [0.25, 0.3) is 5.91 Å². The molecule has 778 valence electrons. The number of thiazole rings is 1. The normalized spacial score (nSPS) is 15.6. The summed E-state index contributed by atoms with van der Waals surface area (Å²) in [5.74, 6) is -6.06. The summed E-state index contributed by atoms with van der Waals surface area (Å²) in [6, 6.07) is 3.71. The minimum atomic E-state index is -1.06. The summed E-state index contributed by atoms with van der Waals surface area (Å²) in [6.45, 7) is 22.0. The summed E-state index contributed by atoms with van der Waals surface area (Å²) in [7, 11) is 10.9. The molecule has 3 rings (SSSR count). The highest BCUT2D eigenvalue weighted by Gasteiger charge is 2.40. The molecule has 1 aliphatic heterocycles. The van der Waals surface area contributed by atoms with Gasteiger partial charge < -0.3 is 128 Å². The van der Waals surface area contributed by atoms with Crippen LogP contribution in [0.5, 0.6) is 5.75 Å². The minimum Gasteiger partial charge on any atom is -0.508 e. The van der Waals surface area contributed by atoms with E-state index in [0.717, 1.165) is 42.0 Å². The third-order valence-electron chi connectivity index (χ3n) is 21.0. The first-order chi connectivity index (χ1) is 64.4. The molecular formula is C92H159N7O33S3. The van der Waals surface area contributed by atoms with Crippen molar-refractivity contribution in [3.05, 3.63) is 45.9 Å². The zero-order valence-corrected chi connectivity index (χ0v) is 84.9. The van der Waals surface area contributed by atoms with Gasteiger partial charge >= 0.3 is 41.8 Å². The maximum atomic E-state index is 15.0. The molecule has 1 fully saturated rings. The number of piperidine rings is 1. The Morgan fingerprint density at radius 2 is 1.07 bits per heavy atom. The quantitative estimate of drug-likeness (QED) is 0.00981. The Morgan fingerprint density at radius 1 is 0.585 bits per heavy atom. The third kappa shape index (κ3) is 58.8. The summed E-state index contributed by atoms with van der Waals surface area (Å²) >= 11 is 1.08. The van der Waals surface area contributed by atoms with E-state index >= 15 is 0 Å². The number of likely N-dealkylation sites (N-methyl/N-ethyl adjacent to an activating group) is 1. The molecule has 2 aromatic rings. The Hall–Kier alpha value is -7.57. The molecule has 11 N–H and O–H groups in total. The van der Waals surface area contributed by atoms with Crippen molar-refractivity contribution in [2.24, 2.45) is 23.7 Å². The molecule has 15 atom stereocenters. The van der Waals surface area contributed by atoms with Crippen molar-refractivity contribution in [3.63, 3.8) is 0 Å². The molecule has 0 spiro atoms. The lowest BCUT2D eigenvalue weighted by Gasteiger charge is -2.39. The number of carboxylic acids is 1. The van der Waals surface area contributed by atoms with E-state index in [1.807, 2.05) is 87.4 Å². The number of nitrogens with zero attached hydrogens (tertiary/aromatic N) is 3. The molecule has 1 aromatic carbocycles. The van der Waals surface area contributed by atoms with E-state index in [1.54, 1.807) is 40.6 Å². The van der Waals surface area contributed by atoms with Gasteiger partial charge in [-0.15, -0.1) is 11.3 Å². The number of aliphatic carboxylic acids is 1. The van der Waals surface area contributed by atoms with Crippen LogP contribution in [-0.2, 0) is 125 Å². The Kier molecular flexibility index (Phi) is 72.9. The topological polar surface area (TPSA) is 543 Å². The molecule has 43 heteroatoms. The molecule has 0 radical (unpaired) electrons. The second-order valence-electron chi connectivity index (χ2n) is 32.8. The van der Waals surface area contributed by atoms with E-state index < -0.39 is 128 Å².